The highest BCUT2D eigenvalue weighted by atomic mass is 28.3. The van der Waals surface area contributed by atoms with E-state index in [4.69, 9.17) is 8.83 Å². The van der Waals surface area contributed by atoms with E-state index < -0.39 is 16.1 Å². The second-order valence-corrected chi connectivity index (χ2v) is 32.3. The molecule has 13 rings (SSSR count). The lowest BCUT2D eigenvalue weighted by atomic mass is 9.68. The quantitative estimate of drug-likeness (QED) is 0.112. The first-order valence-corrected chi connectivity index (χ1v) is 32.0. The summed E-state index contributed by atoms with van der Waals surface area (Å²) < 4.78 is 13.5. The molecule has 12 aromatic rings. The average Bonchev–Trinajstić information content (AvgIpc) is 3.95. The van der Waals surface area contributed by atoms with Gasteiger partial charge in [0.2, 0.25) is 0 Å². The highest BCUT2D eigenvalue weighted by Gasteiger charge is 2.35. The molecule has 0 atom stereocenters. The minimum Gasteiger partial charge on any atom is -0.454 e. The molecule has 0 unspecified atom stereocenters. The molecule has 2 aromatic heterocycles. The van der Waals surface area contributed by atoms with Gasteiger partial charge in [0.05, 0.1) is 27.5 Å². The van der Waals surface area contributed by atoms with E-state index in [1.165, 1.54) is 54.2 Å². The van der Waals surface area contributed by atoms with Gasteiger partial charge in [0, 0.05) is 49.7 Å². The Morgan fingerprint density at radius 2 is 0.831 bits per heavy atom. The van der Waals surface area contributed by atoms with Crippen LogP contribution in [0.1, 0.15) is 25.0 Å². The van der Waals surface area contributed by atoms with Gasteiger partial charge in [-0.25, -0.2) is 0 Å². The van der Waals surface area contributed by atoms with E-state index in [0.717, 1.165) is 78.0 Å². The van der Waals surface area contributed by atoms with Gasteiger partial charge < -0.3 is 18.6 Å². The molecule has 0 saturated heterocycles. The molecular formula is C65H56N2O2Si2. The van der Waals surface area contributed by atoms with Crippen molar-refractivity contribution in [1.29, 1.82) is 0 Å². The summed E-state index contributed by atoms with van der Waals surface area (Å²) >= 11 is 0. The fraction of sp³-hybridized carbons (Fsp3) is 0.138. The van der Waals surface area contributed by atoms with Gasteiger partial charge in [-0.2, -0.15) is 0 Å². The molecular weight excluding hydrogens is 897 g/mol. The Hall–Kier alpha value is -7.65. The largest absolute Gasteiger partial charge is 0.454 e. The minimum absolute atomic E-state index is 0.317. The first-order valence-electron chi connectivity index (χ1n) is 25.0. The Balaban J connectivity index is 0.990. The van der Waals surface area contributed by atoms with Crippen molar-refractivity contribution in [3.63, 3.8) is 0 Å². The van der Waals surface area contributed by atoms with Gasteiger partial charge in [-0.15, -0.1) is 0 Å². The molecule has 0 N–H and O–H groups in total. The fourth-order valence-electron chi connectivity index (χ4n) is 11.5. The maximum absolute atomic E-state index is 6.75. The number of anilines is 6. The molecule has 0 spiro atoms. The molecule has 0 amide bonds. The van der Waals surface area contributed by atoms with Crippen LogP contribution < -0.4 is 20.2 Å². The molecule has 1 aliphatic rings. The highest BCUT2D eigenvalue weighted by molar-refractivity contribution is 6.89. The third kappa shape index (κ3) is 6.83. The second-order valence-electron chi connectivity index (χ2n) is 22.2. The van der Waals surface area contributed by atoms with Crippen molar-refractivity contribution in [3.05, 3.63) is 205 Å². The van der Waals surface area contributed by atoms with E-state index in [1.54, 1.807) is 0 Å². The summed E-state index contributed by atoms with van der Waals surface area (Å²) in [5.74, 6) is 0. The van der Waals surface area contributed by atoms with E-state index in [1.807, 2.05) is 0 Å². The number of hydrogen-bond donors (Lipinski definition) is 0. The molecule has 10 aromatic carbocycles. The standard InChI is InChI=1S/C65H56N2O2Si2/c1-65(2)56-21-13-18-51-54-39-44(66(42-28-33-46(34-29-42)70(3,4)5)58-22-14-19-52-49-16-9-11-24-60(49)68-63(52)58)27-26-41(54)38-55(62(51)56)48-37-32-45(40-57(48)65)67(43-30-35-47(36-31-43)71(6,7)8)59-23-15-20-53-50-17-10-12-25-61(50)69-64(53)59/h9-40H,1-8H3. The van der Waals surface area contributed by atoms with Gasteiger partial charge in [-0.3, -0.25) is 0 Å². The summed E-state index contributed by atoms with van der Waals surface area (Å²) in [6.45, 7) is 19.3. The van der Waals surface area contributed by atoms with Crippen LogP contribution in [-0.4, -0.2) is 16.1 Å². The highest BCUT2D eigenvalue weighted by Crippen LogP contribution is 2.53. The van der Waals surface area contributed by atoms with Crippen LogP contribution in [0.25, 0.3) is 76.5 Å². The average molecular weight is 953 g/mol. The number of rotatable bonds is 8. The van der Waals surface area contributed by atoms with Crippen LogP contribution in [0.3, 0.4) is 0 Å². The third-order valence-electron chi connectivity index (χ3n) is 15.3. The van der Waals surface area contributed by atoms with Gasteiger partial charge >= 0.3 is 0 Å². The topological polar surface area (TPSA) is 32.8 Å². The Labute approximate surface area is 417 Å². The number of benzene rings is 10. The number of nitrogens with zero attached hydrogens (tertiary/aromatic N) is 2. The number of hydrogen-bond acceptors (Lipinski definition) is 4. The summed E-state index contributed by atoms with van der Waals surface area (Å²) in [6, 6.07) is 71.9. The predicted octanol–water partition coefficient (Wildman–Crippen LogP) is 18.1. The van der Waals surface area contributed by atoms with Crippen LogP contribution in [0, 0.1) is 0 Å². The molecule has 0 saturated carbocycles. The van der Waals surface area contributed by atoms with Crippen LogP contribution >= 0.6 is 0 Å². The smallest absolute Gasteiger partial charge is 0.159 e. The summed E-state index contributed by atoms with van der Waals surface area (Å²) in [5, 5.41) is 12.4. The maximum atomic E-state index is 6.75. The molecule has 4 nitrogen and oxygen atoms in total. The van der Waals surface area contributed by atoms with Gasteiger partial charge in [0.25, 0.3) is 0 Å². The van der Waals surface area contributed by atoms with Crippen LogP contribution in [0.5, 0.6) is 0 Å². The zero-order valence-electron chi connectivity index (χ0n) is 41.7. The van der Waals surface area contributed by atoms with E-state index in [0.29, 0.717) is 0 Å². The van der Waals surface area contributed by atoms with Crippen molar-refractivity contribution in [2.24, 2.45) is 0 Å². The van der Waals surface area contributed by atoms with Crippen molar-refractivity contribution in [2.75, 3.05) is 9.80 Å². The zero-order valence-corrected chi connectivity index (χ0v) is 43.7. The summed E-state index contributed by atoms with van der Waals surface area (Å²) in [4.78, 5) is 4.80. The lowest BCUT2D eigenvalue weighted by Crippen LogP contribution is -2.37. The summed E-state index contributed by atoms with van der Waals surface area (Å²) in [5.41, 5.74) is 14.9. The van der Waals surface area contributed by atoms with E-state index in [2.05, 4.69) is 257 Å². The van der Waals surface area contributed by atoms with Crippen LogP contribution in [0.2, 0.25) is 39.3 Å². The first-order chi connectivity index (χ1) is 34.2. The Morgan fingerprint density at radius 3 is 1.38 bits per heavy atom. The SMILES string of the molecule is CC1(C)c2cc(N(c3ccc([Si](C)(C)C)cc3)c3cccc4c3oc3ccccc34)ccc2-c2cc3ccc(N(c4ccc([Si](C)(C)C)cc4)c4cccc5c4oc4ccccc45)cc3c3cccc1c23. The lowest BCUT2D eigenvalue weighted by Gasteiger charge is -2.37. The van der Waals surface area contributed by atoms with Crippen molar-refractivity contribution in [1.82, 2.24) is 0 Å². The van der Waals surface area contributed by atoms with Gasteiger partial charge in [-0.05, 0) is 123 Å². The van der Waals surface area contributed by atoms with Crippen LogP contribution in [0.4, 0.5) is 34.1 Å². The molecule has 0 aliphatic heterocycles. The number of furan rings is 2. The van der Waals surface area contributed by atoms with Crippen LogP contribution in [0.15, 0.2) is 203 Å². The summed E-state index contributed by atoms with van der Waals surface area (Å²) in [7, 11) is -3.07. The third-order valence-corrected chi connectivity index (χ3v) is 19.5. The fourth-order valence-corrected chi connectivity index (χ4v) is 13.9. The van der Waals surface area contributed by atoms with E-state index >= 15 is 0 Å². The molecule has 346 valence electrons. The number of para-hydroxylation sites is 4. The molecule has 71 heavy (non-hydrogen) atoms. The summed E-state index contributed by atoms with van der Waals surface area (Å²) in [6.07, 6.45) is 0. The molecule has 0 fully saturated rings. The van der Waals surface area contributed by atoms with Crippen molar-refractivity contribution >= 4 is 126 Å². The molecule has 2 heterocycles. The minimum atomic E-state index is -1.54. The van der Waals surface area contributed by atoms with Gasteiger partial charge in [0.1, 0.15) is 11.2 Å². The van der Waals surface area contributed by atoms with Gasteiger partial charge in [-0.1, -0.05) is 179 Å². The van der Waals surface area contributed by atoms with E-state index in [9.17, 15) is 0 Å². The van der Waals surface area contributed by atoms with Crippen molar-refractivity contribution in [3.8, 4) is 11.1 Å². The van der Waals surface area contributed by atoms with Crippen molar-refractivity contribution in [2.45, 2.75) is 58.5 Å². The Bertz CT molecular complexity index is 4110. The lowest BCUT2D eigenvalue weighted by molar-refractivity contribution is 0.645. The normalized spacial score (nSPS) is 13.5. The molecule has 0 bridgehead atoms. The molecule has 1 aliphatic carbocycles. The zero-order chi connectivity index (χ0) is 48.6. The Morgan fingerprint density at radius 1 is 0.366 bits per heavy atom. The second kappa shape index (κ2) is 15.7. The van der Waals surface area contributed by atoms with E-state index in [-0.39, 0.29) is 5.41 Å². The van der Waals surface area contributed by atoms with Crippen LogP contribution in [-0.2, 0) is 5.41 Å². The maximum Gasteiger partial charge on any atom is 0.159 e. The first kappa shape index (κ1) is 43.4. The Kier molecular flexibility index (Phi) is 9.58. The van der Waals surface area contributed by atoms with Crippen molar-refractivity contribution < 1.29 is 8.83 Å². The molecule has 6 heteroatoms. The monoisotopic (exact) mass is 952 g/mol. The van der Waals surface area contributed by atoms with Gasteiger partial charge in [0.15, 0.2) is 11.2 Å². The molecule has 0 radical (unpaired) electrons. The predicted molar refractivity (Wildman–Crippen MR) is 309 cm³/mol. The number of fused-ring (bicyclic) bond motifs is 10.